The van der Waals surface area contributed by atoms with Crippen LogP contribution in [0.5, 0.6) is 0 Å². The van der Waals surface area contributed by atoms with Crippen molar-refractivity contribution in [2.45, 2.75) is 45.1 Å². The summed E-state index contributed by atoms with van der Waals surface area (Å²) in [5.74, 6) is -2.76. The number of amides is 2. The summed E-state index contributed by atoms with van der Waals surface area (Å²) in [7, 11) is 1.30. The maximum atomic E-state index is 13.9. The first kappa shape index (κ1) is 31.0. The predicted molar refractivity (Wildman–Crippen MR) is 140 cm³/mol. The van der Waals surface area contributed by atoms with Crippen LogP contribution in [0.2, 0.25) is 0 Å². The van der Waals surface area contributed by atoms with Gasteiger partial charge in [-0.3, -0.25) is 9.59 Å². The number of carbonyl (C=O) groups excluding carboxylic acids is 2. The Labute approximate surface area is 238 Å². The average Bonchev–Trinajstić information content (AvgIpc) is 2.91. The Kier molecular flexibility index (Phi) is 8.65. The highest BCUT2D eigenvalue weighted by Crippen LogP contribution is 2.38. The number of aryl methyl sites for hydroxylation is 2. The number of alkyl halides is 6. The van der Waals surface area contributed by atoms with E-state index in [0.29, 0.717) is 29.0 Å². The van der Waals surface area contributed by atoms with E-state index in [2.05, 4.69) is 4.98 Å². The maximum Gasteiger partial charge on any atom is 0.416 e. The number of halogens is 7. The molecule has 224 valence electrons. The highest BCUT2D eigenvalue weighted by molar-refractivity contribution is 5.92. The summed E-state index contributed by atoms with van der Waals surface area (Å²) >= 11 is 0. The van der Waals surface area contributed by atoms with Gasteiger partial charge in [-0.15, -0.1) is 0 Å². The lowest BCUT2D eigenvalue weighted by atomic mass is 9.78. The molecule has 2 amide bonds. The van der Waals surface area contributed by atoms with Gasteiger partial charge in [0.05, 0.1) is 11.1 Å². The molecule has 1 aliphatic heterocycles. The Morgan fingerprint density at radius 2 is 1.60 bits per heavy atom. The van der Waals surface area contributed by atoms with Crippen LogP contribution in [0.1, 0.15) is 56.3 Å². The molecule has 4 rings (SSSR count). The minimum atomic E-state index is -5.02. The van der Waals surface area contributed by atoms with E-state index in [1.165, 1.54) is 25.2 Å². The van der Waals surface area contributed by atoms with E-state index in [4.69, 9.17) is 0 Å². The molecule has 2 atom stereocenters. The Bertz CT molecular complexity index is 1450. The molecule has 12 heteroatoms. The third-order valence-corrected chi connectivity index (χ3v) is 7.40. The van der Waals surface area contributed by atoms with Crippen molar-refractivity contribution in [2.24, 2.45) is 5.92 Å². The van der Waals surface area contributed by atoms with Gasteiger partial charge in [0.25, 0.3) is 5.91 Å². The van der Waals surface area contributed by atoms with Crippen molar-refractivity contribution in [1.29, 1.82) is 0 Å². The number of hydrogen-bond donors (Lipinski definition) is 0. The van der Waals surface area contributed by atoms with Gasteiger partial charge < -0.3 is 9.80 Å². The zero-order valence-corrected chi connectivity index (χ0v) is 23.0. The van der Waals surface area contributed by atoms with Gasteiger partial charge in [-0.25, -0.2) is 9.37 Å². The minimum Gasteiger partial charge on any atom is -0.341 e. The molecular weight excluding hydrogens is 567 g/mol. The van der Waals surface area contributed by atoms with E-state index in [9.17, 15) is 40.3 Å². The second-order valence-corrected chi connectivity index (χ2v) is 10.5. The highest BCUT2D eigenvalue weighted by Gasteiger charge is 2.40. The van der Waals surface area contributed by atoms with E-state index in [1.54, 1.807) is 36.9 Å². The van der Waals surface area contributed by atoms with Crippen molar-refractivity contribution in [1.82, 2.24) is 14.8 Å². The number of piperidine rings is 1. The molecule has 1 fully saturated rings. The molecule has 1 aliphatic rings. The summed E-state index contributed by atoms with van der Waals surface area (Å²) in [4.78, 5) is 33.9. The molecule has 42 heavy (non-hydrogen) atoms. The summed E-state index contributed by atoms with van der Waals surface area (Å²) in [6, 6.07) is 10.3. The van der Waals surface area contributed by atoms with Crippen LogP contribution in [0.3, 0.4) is 0 Å². The number of pyridine rings is 1. The number of rotatable bonds is 5. The first-order valence-electron chi connectivity index (χ1n) is 13.1. The Hall–Kier alpha value is -3.96. The SMILES string of the molecule is Cc1cccc(C(=O)N2CCC(C(=O)N(C)Cc3cc(C(F)(F)F)cc(C(F)(F)F)c3)C(c3ccc(F)cc3C)C2)n1. The van der Waals surface area contributed by atoms with Crippen LogP contribution in [0, 0.1) is 25.6 Å². The lowest BCUT2D eigenvalue weighted by Gasteiger charge is -2.40. The molecule has 0 spiro atoms. The second kappa shape index (κ2) is 11.7. The lowest BCUT2D eigenvalue weighted by Crippen LogP contribution is -2.48. The van der Waals surface area contributed by atoms with Crippen LogP contribution < -0.4 is 0 Å². The smallest absolute Gasteiger partial charge is 0.341 e. The van der Waals surface area contributed by atoms with Crippen LogP contribution in [0.15, 0.2) is 54.6 Å². The van der Waals surface area contributed by atoms with Gasteiger partial charge in [0.1, 0.15) is 11.5 Å². The van der Waals surface area contributed by atoms with Crippen molar-refractivity contribution in [2.75, 3.05) is 20.1 Å². The standard InChI is InChI=1S/C30H28F7N3O2/c1-17-11-22(31)7-8-23(17)25-16-40(28(42)26-6-4-5-18(2)38-26)10-9-24(25)27(41)39(3)15-19-12-20(29(32,33)34)14-21(13-19)30(35,36)37/h4-8,11-14,24-25H,9-10,15-16H2,1-3H3. The van der Waals surface area contributed by atoms with E-state index >= 15 is 0 Å². The van der Waals surface area contributed by atoms with Crippen LogP contribution in [0.4, 0.5) is 30.7 Å². The van der Waals surface area contributed by atoms with Crippen molar-refractivity contribution in [3.63, 3.8) is 0 Å². The van der Waals surface area contributed by atoms with Crippen LogP contribution in [-0.4, -0.2) is 46.7 Å². The maximum absolute atomic E-state index is 13.9. The van der Waals surface area contributed by atoms with Gasteiger partial charge in [0.15, 0.2) is 0 Å². The number of carbonyl (C=O) groups is 2. The third-order valence-electron chi connectivity index (χ3n) is 7.40. The number of likely N-dealkylation sites (tertiary alicyclic amines) is 1. The first-order chi connectivity index (χ1) is 19.5. The lowest BCUT2D eigenvalue weighted by molar-refractivity contribution is -0.143. The molecule has 1 saturated heterocycles. The van der Waals surface area contributed by atoms with Gasteiger partial charge >= 0.3 is 12.4 Å². The normalized spacial score (nSPS) is 17.7. The van der Waals surface area contributed by atoms with Gasteiger partial charge in [-0.1, -0.05) is 12.1 Å². The third kappa shape index (κ3) is 6.91. The molecule has 0 aliphatic carbocycles. The summed E-state index contributed by atoms with van der Waals surface area (Å²) in [5.41, 5.74) is -1.26. The van der Waals surface area contributed by atoms with E-state index in [1.807, 2.05) is 0 Å². The van der Waals surface area contributed by atoms with Gasteiger partial charge in [-0.2, -0.15) is 26.3 Å². The average molecular weight is 596 g/mol. The Morgan fingerprint density at radius 1 is 0.952 bits per heavy atom. The minimum absolute atomic E-state index is 0.0362. The number of benzene rings is 2. The van der Waals surface area contributed by atoms with Crippen molar-refractivity contribution >= 4 is 11.8 Å². The summed E-state index contributed by atoms with van der Waals surface area (Å²) in [6.07, 6.45) is -9.87. The number of aromatic nitrogens is 1. The van der Waals surface area contributed by atoms with Crippen LogP contribution in [0.25, 0.3) is 0 Å². The topological polar surface area (TPSA) is 53.5 Å². The van der Waals surface area contributed by atoms with Crippen LogP contribution in [-0.2, 0) is 23.7 Å². The van der Waals surface area contributed by atoms with Crippen molar-refractivity contribution in [3.05, 3.63) is 99.6 Å². The zero-order chi connectivity index (χ0) is 31.0. The Morgan fingerprint density at radius 3 is 2.17 bits per heavy atom. The number of hydrogen-bond acceptors (Lipinski definition) is 3. The molecule has 1 aromatic heterocycles. The quantitative estimate of drug-likeness (QED) is 0.306. The highest BCUT2D eigenvalue weighted by atomic mass is 19.4. The molecular formula is C30H28F7N3O2. The van der Waals surface area contributed by atoms with E-state index in [-0.39, 0.29) is 42.7 Å². The summed E-state index contributed by atoms with van der Waals surface area (Å²) in [5, 5.41) is 0. The molecule has 0 bridgehead atoms. The van der Waals surface area contributed by atoms with E-state index < -0.39 is 53.6 Å². The molecule has 5 nitrogen and oxygen atoms in total. The van der Waals surface area contributed by atoms with Crippen molar-refractivity contribution in [3.8, 4) is 0 Å². The zero-order valence-electron chi connectivity index (χ0n) is 23.0. The van der Waals surface area contributed by atoms with Gasteiger partial charge in [0.2, 0.25) is 5.91 Å². The predicted octanol–water partition coefficient (Wildman–Crippen LogP) is 6.78. The molecule has 2 aromatic carbocycles. The molecule has 0 radical (unpaired) electrons. The molecule has 2 heterocycles. The van der Waals surface area contributed by atoms with Crippen LogP contribution >= 0.6 is 0 Å². The monoisotopic (exact) mass is 595 g/mol. The first-order valence-corrected chi connectivity index (χ1v) is 13.1. The molecule has 3 aromatic rings. The molecule has 0 saturated carbocycles. The van der Waals surface area contributed by atoms with E-state index in [0.717, 1.165) is 4.90 Å². The Balaban J connectivity index is 1.64. The summed E-state index contributed by atoms with van der Waals surface area (Å²) < 4.78 is 94.1. The fourth-order valence-electron chi connectivity index (χ4n) is 5.37. The van der Waals surface area contributed by atoms with Gasteiger partial charge in [0, 0.05) is 44.2 Å². The largest absolute Gasteiger partial charge is 0.416 e. The summed E-state index contributed by atoms with van der Waals surface area (Å²) in [6.45, 7) is 3.13. The van der Waals surface area contributed by atoms with Gasteiger partial charge in [-0.05, 0) is 79.4 Å². The fourth-order valence-corrected chi connectivity index (χ4v) is 5.37. The number of nitrogens with zero attached hydrogens (tertiary/aromatic N) is 3. The fraction of sp³-hybridized carbons (Fsp3) is 0.367. The van der Waals surface area contributed by atoms with Crippen molar-refractivity contribution < 1.29 is 40.3 Å². The molecule has 2 unspecified atom stereocenters. The second-order valence-electron chi connectivity index (χ2n) is 10.5. The molecule has 0 N–H and O–H groups in total.